The molecule has 0 N–H and O–H groups in total. The van der Waals surface area contributed by atoms with Crippen LogP contribution in [0.2, 0.25) is 0 Å². The van der Waals surface area contributed by atoms with E-state index < -0.39 is 16.1 Å². The third kappa shape index (κ3) is 5.44. The fourth-order valence-electron chi connectivity index (χ4n) is 5.64. The maximum atomic E-state index is 14.4. The van der Waals surface area contributed by atoms with E-state index in [0.717, 1.165) is 33.6 Å². The first kappa shape index (κ1) is 27.7. The molecular formula is C33H35NO5S. The van der Waals surface area contributed by atoms with Crippen molar-refractivity contribution in [3.63, 3.8) is 0 Å². The monoisotopic (exact) mass is 557 g/mol. The Bertz CT molecular complexity index is 1550. The molecule has 0 amide bonds. The number of rotatable bonds is 8. The lowest BCUT2D eigenvalue weighted by atomic mass is 9.81. The van der Waals surface area contributed by atoms with Crippen molar-refractivity contribution >= 4 is 10.0 Å². The number of nitrogens with zero attached hydrogens (tertiary/aromatic N) is 1. The summed E-state index contributed by atoms with van der Waals surface area (Å²) in [6.45, 7) is 2.29. The minimum atomic E-state index is -3.83. The fraction of sp³-hybridized carbons (Fsp3) is 0.273. The van der Waals surface area contributed by atoms with Gasteiger partial charge < -0.3 is 14.2 Å². The molecule has 5 rings (SSSR count). The Balaban J connectivity index is 1.73. The topological polar surface area (TPSA) is 65.1 Å². The van der Waals surface area contributed by atoms with Gasteiger partial charge in [0.1, 0.15) is 5.75 Å². The second kappa shape index (κ2) is 11.7. The second-order valence-corrected chi connectivity index (χ2v) is 12.0. The first-order valence-electron chi connectivity index (χ1n) is 13.4. The molecule has 1 heterocycles. The van der Waals surface area contributed by atoms with Crippen LogP contribution >= 0.6 is 0 Å². The van der Waals surface area contributed by atoms with Gasteiger partial charge >= 0.3 is 0 Å². The van der Waals surface area contributed by atoms with Gasteiger partial charge in [-0.15, -0.1) is 0 Å². The molecule has 1 aliphatic rings. The van der Waals surface area contributed by atoms with Gasteiger partial charge in [0.05, 0.1) is 26.2 Å². The number of hydrogen-bond donors (Lipinski definition) is 0. The highest BCUT2D eigenvalue weighted by molar-refractivity contribution is 7.89. The summed E-state index contributed by atoms with van der Waals surface area (Å²) in [6, 6.07) is 28.7. The summed E-state index contributed by atoms with van der Waals surface area (Å²) in [6.07, 6.45) is 1.06. The lowest BCUT2D eigenvalue weighted by molar-refractivity contribution is 0.304. The van der Waals surface area contributed by atoms with E-state index in [1.54, 1.807) is 37.8 Å². The lowest BCUT2D eigenvalue weighted by Gasteiger charge is -2.35. The SMILES string of the molecule is COc1ccc(C[C@H]2[C@H](c3ccccc3)c3cc(OC)c(OC)cc3CCN2S(=O)(=O)c2ccc(C)cc2)cc1. The summed E-state index contributed by atoms with van der Waals surface area (Å²) in [5, 5.41) is 0. The Morgan fingerprint density at radius 2 is 1.45 bits per heavy atom. The molecule has 2 atom stereocenters. The maximum absolute atomic E-state index is 14.4. The van der Waals surface area contributed by atoms with E-state index in [-0.39, 0.29) is 5.92 Å². The van der Waals surface area contributed by atoms with Crippen molar-refractivity contribution in [3.05, 3.63) is 119 Å². The molecule has 0 saturated heterocycles. The zero-order valence-electron chi connectivity index (χ0n) is 23.3. The van der Waals surface area contributed by atoms with Gasteiger partial charge in [-0.3, -0.25) is 0 Å². The Morgan fingerprint density at radius 1 is 0.800 bits per heavy atom. The van der Waals surface area contributed by atoms with E-state index in [9.17, 15) is 8.42 Å². The van der Waals surface area contributed by atoms with Crippen LogP contribution in [0.5, 0.6) is 17.2 Å². The Morgan fingerprint density at radius 3 is 2.08 bits per heavy atom. The molecule has 0 saturated carbocycles. The summed E-state index contributed by atoms with van der Waals surface area (Å²) in [5.41, 5.74) is 5.18. The quantitative estimate of drug-likeness (QED) is 0.265. The average Bonchev–Trinajstić information content (AvgIpc) is 3.14. The average molecular weight is 558 g/mol. The number of benzene rings is 4. The molecule has 208 valence electrons. The van der Waals surface area contributed by atoms with Crippen LogP contribution in [0.1, 0.15) is 33.7 Å². The zero-order valence-corrected chi connectivity index (χ0v) is 24.1. The number of hydrogen-bond acceptors (Lipinski definition) is 5. The Labute approximate surface area is 237 Å². The predicted octanol–water partition coefficient (Wildman–Crippen LogP) is 6.01. The highest BCUT2D eigenvalue weighted by Gasteiger charge is 2.41. The van der Waals surface area contributed by atoms with Crippen LogP contribution in [0.25, 0.3) is 0 Å². The summed E-state index contributed by atoms with van der Waals surface area (Å²) in [7, 11) is 1.06. The molecule has 40 heavy (non-hydrogen) atoms. The number of fused-ring (bicyclic) bond motifs is 1. The van der Waals surface area contributed by atoms with Crippen LogP contribution < -0.4 is 14.2 Å². The van der Waals surface area contributed by atoms with Crippen molar-refractivity contribution in [1.29, 1.82) is 0 Å². The number of aryl methyl sites for hydroxylation is 1. The Kier molecular flexibility index (Phi) is 8.14. The van der Waals surface area contributed by atoms with Crippen LogP contribution in [0.3, 0.4) is 0 Å². The first-order valence-corrected chi connectivity index (χ1v) is 14.8. The van der Waals surface area contributed by atoms with Crippen LogP contribution in [0.15, 0.2) is 95.9 Å². The van der Waals surface area contributed by atoms with Crippen LogP contribution in [-0.4, -0.2) is 46.6 Å². The molecule has 0 spiro atoms. The highest BCUT2D eigenvalue weighted by Crippen LogP contribution is 2.43. The number of sulfonamides is 1. The number of methoxy groups -OCH3 is 3. The largest absolute Gasteiger partial charge is 0.497 e. The minimum Gasteiger partial charge on any atom is -0.497 e. The van der Waals surface area contributed by atoms with Crippen molar-refractivity contribution in [2.24, 2.45) is 0 Å². The summed E-state index contributed by atoms with van der Waals surface area (Å²) < 4.78 is 47.2. The van der Waals surface area contributed by atoms with E-state index in [4.69, 9.17) is 14.2 Å². The van der Waals surface area contributed by atoms with Gasteiger partial charge in [0.15, 0.2) is 11.5 Å². The van der Waals surface area contributed by atoms with Crippen molar-refractivity contribution in [2.45, 2.75) is 36.6 Å². The molecule has 0 radical (unpaired) electrons. The summed E-state index contributed by atoms with van der Waals surface area (Å²) in [4.78, 5) is 0.297. The van der Waals surface area contributed by atoms with Crippen molar-refractivity contribution in [1.82, 2.24) is 4.31 Å². The smallest absolute Gasteiger partial charge is 0.243 e. The van der Waals surface area contributed by atoms with Gasteiger partial charge in [0, 0.05) is 18.5 Å². The van der Waals surface area contributed by atoms with Crippen LogP contribution in [0, 0.1) is 6.92 Å². The van der Waals surface area contributed by atoms with E-state index in [1.807, 2.05) is 73.7 Å². The molecule has 0 aromatic heterocycles. The lowest BCUT2D eigenvalue weighted by Crippen LogP contribution is -2.45. The molecule has 0 bridgehead atoms. The first-order chi connectivity index (χ1) is 19.3. The van der Waals surface area contributed by atoms with E-state index in [2.05, 4.69) is 12.1 Å². The summed E-state index contributed by atoms with van der Waals surface area (Å²) in [5.74, 6) is 1.77. The zero-order chi connectivity index (χ0) is 28.3. The van der Waals surface area contributed by atoms with Gasteiger partial charge in [-0.25, -0.2) is 8.42 Å². The maximum Gasteiger partial charge on any atom is 0.243 e. The molecule has 0 aliphatic carbocycles. The van der Waals surface area contributed by atoms with Crippen molar-refractivity contribution < 1.29 is 22.6 Å². The van der Waals surface area contributed by atoms with Gasteiger partial charge in [-0.05, 0) is 78.4 Å². The number of ether oxygens (including phenoxy) is 3. The van der Waals surface area contributed by atoms with Crippen LogP contribution in [0.4, 0.5) is 0 Å². The standard InChI is InChI=1S/C33H35NO5S/c1-23-10-16-28(17-11-23)40(35,36)34-19-18-26-21-31(38-3)32(39-4)22-29(26)33(25-8-6-5-7-9-25)30(34)20-24-12-14-27(37-2)15-13-24/h5-17,21-22,30,33H,18-20H2,1-4H3/t30-,33+/m0/s1. The fourth-order valence-corrected chi connectivity index (χ4v) is 7.28. The third-order valence-electron chi connectivity index (χ3n) is 7.73. The highest BCUT2D eigenvalue weighted by atomic mass is 32.2. The normalized spacial score (nSPS) is 17.5. The molecule has 0 unspecified atom stereocenters. The minimum absolute atomic E-state index is 0.249. The predicted molar refractivity (Wildman–Crippen MR) is 157 cm³/mol. The third-order valence-corrected chi connectivity index (χ3v) is 9.67. The molecule has 1 aliphatic heterocycles. The molecule has 7 heteroatoms. The molecule has 0 fully saturated rings. The second-order valence-electron chi connectivity index (χ2n) is 10.1. The molecule has 4 aromatic carbocycles. The van der Waals surface area contributed by atoms with Gasteiger partial charge in [0.25, 0.3) is 0 Å². The van der Waals surface area contributed by atoms with Gasteiger partial charge in [0.2, 0.25) is 10.0 Å². The molecule has 6 nitrogen and oxygen atoms in total. The van der Waals surface area contributed by atoms with E-state index >= 15 is 0 Å². The van der Waals surface area contributed by atoms with E-state index in [0.29, 0.717) is 35.8 Å². The molecule has 4 aromatic rings. The van der Waals surface area contributed by atoms with Crippen LogP contribution in [-0.2, 0) is 22.9 Å². The van der Waals surface area contributed by atoms with Crippen molar-refractivity contribution in [3.8, 4) is 17.2 Å². The molecular weight excluding hydrogens is 522 g/mol. The van der Waals surface area contributed by atoms with E-state index in [1.165, 1.54) is 0 Å². The Hall–Kier alpha value is -3.81. The van der Waals surface area contributed by atoms with Gasteiger partial charge in [-0.2, -0.15) is 4.31 Å². The van der Waals surface area contributed by atoms with Crippen molar-refractivity contribution in [2.75, 3.05) is 27.9 Å². The van der Waals surface area contributed by atoms with Gasteiger partial charge in [-0.1, -0.05) is 60.2 Å². The summed E-state index contributed by atoms with van der Waals surface area (Å²) >= 11 is 0.